The van der Waals surface area contributed by atoms with Crippen molar-refractivity contribution in [1.82, 2.24) is 9.97 Å². The first-order valence-corrected chi connectivity index (χ1v) is 5.13. The Kier molecular flexibility index (Phi) is 2.05. The maximum atomic E-state index is 12.6. The first kappa shape index (κ1) is 9.03. The second-order valence-electron chi connectivity index (χ2n) is 4.16. The van der Waals surface area contributed by atoms with E-state index in [2.05, 4.69) is 14.9 Å². The average molecular weight is 209 g/mol. The van der Waals surface area contributed by atoms with Crippen LogP contribution in [0.3, 0.4) is 0 Å². The number of anilines is 1. The SMILES string of the molecule is Fc1cnc(N2C[C@H]3COC[C@@H]3C2)nc1. The summed E-state index contributed by atoms with van der Waals surface area (Å²) in [4.78, 5) is 10.1. The Morgan fingerprint density at radius 2 is 1.80 bits per heavy atom. The van der Waals surface area contributed by atoms with Crippen molar-refractivity contribution in [3.63, 3.8) is 0 Å². The second kappa shape index (κ2) is 3.41. The molecule has 5 heteroatoms. The summed E-state index contributed by atoms with van der Waals surface area (Å²) in [7, 11) is 0. The molecule has 2 saturated heterocycles. The predicted molar refractivity (Wildman–Crippen MR) is 52.0 cm³/mol. The van der Waals surface area contributed by atoms with Crippen LogP contribution in [0.25, 0.3) is 0 Å². The lowest BCUT2D eigenvalue weighted by Gasteiger charge is -2.16. The number of hydrogen-bond donors (Lipinski definition) is 0. The predicted octanol–water partition coefficient (Wildman–Crippen LogP) is 0.698. The molecule has 2 fully saturated rings. The summed E-state index contributed by atoms with van der Waals surface area (Å²) in [5.41, 5.74) is 0. The maximum Gasteiger partial charge on any atom is 0.225 e. The molecular formula is C10H12FN3O. The molecule has 4 nitrogen and oxygen atoms in total. The van der Waals surface area contributed by atoms with E-state index in [-0.39, 0.29) is 5.82 Å². The molecule has 0 amide bonds. The Labute approximate surface area is 87.1 Å². The summed E-state index contributed by atoms with van der Waals surface area (Å²) in [5.74, 6) is 1.43. The van der Waals surface area contributed by atoms with Crippen LogP contribution < -0.4 is 4.90 Å². The van der Waals surface area contributed by atoms with Crippen molar-refractivity contribution in [2.75, 3.05) is 31.2 Å². The van der Waals surface area contributed by atoms with E-state index in [1.54, 1.807) is 0 Å². The zero-order valence-electron chi connectivity index (χ0n) is 8.27. The molecule has 0 unspecified atom stereocenters. The smallest absolute Gasteiger partial charge is 0.225 e. The van der Waals surface area contributed by atoms with Crippen LogP contribution >= 0.6 is 0 Å². The third-order valence-corrected chi connectivity index (χ3v) is 3.13. The van der Waals surface area contributed by atoms with Gasteiger partial charge in [-0.2, -0.15) is 0 Å². The molecule has 0 aliphatic carbocycles. The highest BCUT2D eigenvalue weighted by molar-refractivity contribution is 5.31. The number of fused-ring (bicyclic) bond motifs is 1. The van der Waals surface area contributed by atoms with E-state index >= 15 is 0 Å². The third kappa shape index (κ3) is 1.56. The van der Waals surface area contributed by atoms with Gasteiger partial charge in [0.2, 0.25) is 5.95 Å². The molecule has 0 radical (unpaired) electrons. The van der Waals surface area contributed by atoms with Crippen LogP contribution in [0.15, 0.2) is 12.4 Å². The zero-order chi connectivity index (χ0) is 10.3. The normalized spacial score (nSPS) is 29.5. The van der Waals surface area contributed by atoms with Crippen molar-refractivity contribution in [1.29, 1.82) is 0 Å². The van der Waals surface area contributed by atoms with E-state index < -0.39 is 0 Å². The highest BCUT2D eigenvalue weighted by atomic mass is 19.1. The number of hydrogen-bond acceptors (Lipinski definition) is 4. The molecule has 0 bridgehead atoms. The Balaban J connectivity index is 1.76. The lowest BCUT2D eigenvalue weighted by molar-refractivity contribution is 0.177. The molecule has 0 aromatic carbocycles. The lowest BCUT2D eigenvalue weighted by atomic mass is 10.0. The van der Waals surface area contributed by atoms with Crippen molar-refractivity contribution >= 4 is 5.95 Å². The van der Waals surface area contributed by atoms with E-state index in [0.717, 1.165) is 26.3 Å². The molecule has 3 heterocycles. The molecule has 1 aromatic heterocycles. The van der Waals surface area contributed by atoms with Gasteiger partial charge in [0.1, 0.15) is 0 Å². The zero-order valence-corrected chi connectivity index (χ0v) is 8.27. The monoisotopic (exact) mass is 209 g/mol. The number of ether oxygens (including phenoxy) is 1. The first-order chi connectivity index (χ1) is 7.33. The van der Waals surface area contributed by atoms with Crippen LogP contribution in [-0.4, -0.2) is 36.3 Å². The van der Waals surface area contributed by atoms with Crippen molar-refractivity contribution in [3.8, 4) is 0 Å². The van der Waals surface area contributed by atoms with E-state index in [1.807, 2.05) is 0 Å². The van der Waals surface area contributed by atoms with Gasteiger partial charge in [-0.1, -0.05) is 0 Å². The van der Waals surface area contributed by atoms with Gasteiger partial charge in [-0.25, -0.2) is 14.4 Å². The van der Waals surface area contributed by atoms with Crippen molar-refractivity contribution < 1.29 is 9.13 Å². The Bertz CT molecular complexity index is 344. The standard InChI is InChI=1S/C10H12FN3O/c11-9-1-12-10(13-2-9)14-3-7-5-15-6-8(7)4-14/h1-2,7-8H,3-6H2/t7-,8-/m0/s1. The van der Waals surface area contributed by atoms with Gasteiger partial charge >= 0.3 is 0 Å². The Hall–Kier alpha value is -1.23. The van der Waals surface area contributed by atoms with E-state index in [4.69, 9.17) is 4.74 Å². The Morgan fingerprint density at radius 3 is 2.40 bits per heavy atom. The van der Waals surface area contributed by atoms with Crippen LogP contribution in [0, 0.1) is 17.7 Å². The van der Waals surface area contributed by atoms with Gasteiger partial charge < -0.3 is 9.64 Å². The second-order valence-corrected chi connectivity index (χ2v) is 4.16. The summed E-state index contributed by atoms with van der Waals surface area (Å²) in [6, 6.07) is 0. The fourth-order valence-electron chi connectivity index (χ4n) is 2.32. The van der Waals surface area contributed by atoms with Gasteiger partial charge in [0.25, 0.3) is 0 Å². The number of rotatable bonds is 1. The summed E-state index contributed by atoms with van der Waals surface area (Å²) in [5, 5.41) is 0. The molecule has 0 N–H and O–H groups in total. The minimum Gasteiger partial charge on any atom is -0.381 e. The number of aromatic nitrogens is 2. The molecule has 1 aromatic rings. The van der Waals surface area contributed by atoms with Crippen molar-refractivity contribution in [2.45, 2.75) is 0 Å². The largest absolute Gasteiger partial charge is 0.381 e. The van der Waals surface area contributed by atoms with Gasteiger partial charge in [0, 0.05) is 24.9 Å². The minimum atomic E-state index is -0.388. The molecule has 0 spiro atoms. The van der Waals surface area contributed by atoms with Gasteiger partial charge in [-0.15, -0.1) is 0 Å². The third-order valence-electron chi connectivity index (χ3n) is 3.13. The highest BCUT2D eigenvalue weighted by Gasteiger charge is 2.37. The van der Waals surface area contributed by atoms with Crippen LogP contribution in [0.5, 0.6) is 0 Å². The summed E-state index contributed by atoms with van der Waals surface area (Å²) >= 11 is 0. The topological polar surface area (TPSA) is 38.2 Å². The maximum absolute atomic E-state index is 12.6. The first-order valence-electron chi connectivity index (χ1n) is 5.13. The molecular weight excluding hydrogens is 197 g/mol. The Morgan fingerprint density at radius 1 is 1.20 bits per heavy atom. The van der Waals surface area contributed by atoms with Crippen LogP contribution in [0.4, 0.5) is 10.3 Å². The summed E-state index contributed by atoms with van der Waals surface area (Å²) in [6.45, 7) is 3.53. The number of nitrogens with zero attached hydrogens (tertiary/aromatic N) is 3. The van der Waals surface area contributed by atoms with Crippen LogP contribution in [0.2, 0.25) is 0 Å². The highest BCUT2D eigenvalue weighted by Crippen LogP contribution is 2.30. The van der Waals surface area contributed by atoms with Gasteiger partial charge in [-0.05, 0) is 0 Å². The van der Waals surface area contributed by atoms with E-state index in [9.17, 15) is 4.39 Å². The van der Waals surface area contributed by atoms with E-state index in [0.29, 0.717) is 17.8 Å². The van der Waals surface area contributed by atoms with Gasteiger partial charge in [0.15, 0.2) is 5.82 Å². The van der Waals surface area contributed by atoms with Crippen LogP contribution in [-0.2, 0) is 4.74 Å². The summed E-state index contributed by atoms with van der Waals surface area (Å²) in [6.07, 6.45) is 2.43. The quantitative estimate of drug-likeness (QED) is 0.682. The average Bonchev–Trinajstić information content (AvgIpc) is 2.78. The molecule has 0 saturated carbocycles. The molecule has 15 heavy (non-hydrogen) atoms. The molecule has 3 rings (SSSR count). The molecule has 2 aliphatic rings. The van der Waals surface area contributed by atoms with Gasteiger partial charge in [0.05, 0.1) is 25.6 Å². The molecule has 2 atom stereocenters. The summed E-state index contributed by atoms with van der Waals surface area (Å²) < 4.78 is 18.0. The number of halogens is 1. The molecule has 80 valence electrons. The van der Waals surface area contributed by atoms with E-state index in [1.165, 1.54) is 12.4 Å². The molecule has 2 aliphatic heterocycles. The fourth-order valence-corrected chi connectivity index (χ4v) is 2.32. The fraction of sp³-hybridized carbons (Fsp3) is 0.600. The van der Waals surface area contributed by atoms with Crippen molar-refractivity contribution in [3.05, 3.63) is 18.2 Å². The van der Waals surface area contributed by atoms with Gasteiger partial charge in [-0.3, -0.25) is 0 Å². The minimum absolute atomic E-state index is 0.388. The van der Waals surface area contributed by atoms with Crippen molar-refractivity contribution in [2.24, 2.45) is 11.8 Å². The lowest BCUT2D eigenvalue weighted by Crippen LogP contribution is -2.24. The van der Waals surface area contributed by atoms with Crippen LogP contribution in [0.1, 0.15) is 0 Å².